The monoisotopic (exact) mass is 328 g/mol. The molecule has 0 aliphatic rings. The predicted molar refractivity (Wildman–Crippen MR) is 82.2 cm³/mol. The smallest absolute Gasteiger partial charge is 0.305 e. The Labute approximate surface area is 131 Å². The van der Waals surface area contributed by atoms with E-state index in [9.17, 15) is 18.8 Å². The molecule has 1 aromatic carbocycles. The van der Waals surface area contributed by atoms with Crippen molar-refractivity contribution in [2.24, 2.45) is 0 Å². The van der Waals surface area contributed by atoms with Crippen LogP contribution < -0.4 is 10.6 Å². The van der Waals surface area contributed by atoms with Crippen LogP contribution in [0.15, 0.2) is 24.3 Å². The molecule has 6 nitrogen and oxygen atoms in total. The van der Waals surface area contributed by atoms with E-state index in [0.29, 0.717) is 5.69 Å². The molecule has 0 bridgehead atoms. The maximum atomic E-state index is 12.7. The third kappa shape index (κ3) is 7.07. The van der Waals surface area contributed by atoms with Gasteiger partial charge in [-0.2, -0.15) is 0 Å². The van der Waals surface area contributed by atoms with Crippen LogP contribution in [0.25, 0.3) is 0 Å². The first-order valence-electron chi connectivity index (χ1n) is 6.55. The lowest BCUT2D eigenvalue weighted by Gasteiger charge is -2.11. The number of carbonyl (C=O) groups excluding carboxylic acids is 2. The number of amides is 2. The number of nitrogens with one attached hydrogen (secondary N) is 2. The summed E-state index contributed by atoms with van der Waals surface area (Å²) in [5, 5.41) is 13.1. The van der Waals surface area contributed by atoms with E-state index in [0.717, 1.165) is 11.8 Å². The number of carboxylic acids is 1. The molecule has 0 aliphatic carbocycles. The largest absolute Gasteiger partial charge is 0.481 e. The summed E-state index contributed by atoms with van der Waals surface area (Å²) in [6, 6.07) is 5.36. The Morgan fingerprint density at radius 3 is 2.50 bits per heavy atom. The SMILES string of the molecule is CC(SCC(=O)Nc1ccc(F)cc1)C(=O)NCCC(=O)O. The van der Waals surface area contributed by atoms with Crippen molar-refractivity contribution >= 4 is 35.2 Å². The second kappa shape index (κ2) is 9.04. The Hall–Kier alpha value is -2.09. The van der Waals surface area contributed by atoms with Crippen LogP contribution in [0.4, 0.5) is 10.1 Å². The van der Waals surface area contributed by atoms with Gasteiger partial charge in [0.15, 0.2) is 0 Å². The fraction of sp³-hybridized carbons (Fsp3) is 0.357. The van der Waals surface area contributed by atoms with Gasteiger partial charge in [-0.05, 0) is 31.2 Å². The molecule has 0 spiro atoms. The van der Waals surface area contributed by atoms with Gasteiger partial charge in [-0.25, -0.2) is 4.39 Å². The van der Waals surface area contributed by atoms with Crippen LogP contribution in [0, 0.1) is 5.82 Å². The van der Waals surface area contributed by atoms with Crippen LogP contribution >= 0.6 is 11.8 Å². The van der Waals surface area contributed by atoms with Crippen molar-refractivity contribution in [1.29, 1.82) is 0 Å². The number of benzene rings is 1. The van der Waals surface area contributed by atoms with Gasteiger partial charge in [0, 0.05) is 12.2 Å². The summed E-state index contributed by atoms with van der Waals surface area (Å²) in [7, 11) is 0. The molecule has 2 amide bonds. The summed E-state index contributed by atoms with van der Waals surface area (Å²) in [4.78, 5) is 33.7. The third-order valence-corrected chi connectivity index (χ3v) is 3.74. The van der Waals surface area contributed by atoms with Gasteiger partial charge >= 0.3 is 5.97 Å². The summed E-state index contributed by atoms with van der Waals surface area (Å²) in [5.74, 6) is -1.94. The van der Waals surface area contributed by atoms with E-state index < -0.39 is 11.2 Å². The number of carboxylic acid groups (broad SMARTS) is 1. The average molecular weight is 328 g/mol. The molecule has 1 unspecified atom stereocenters. The van der Waals surface area contributed by atoms with E-state index >= 15 is 0 Å². The van der Waals surface area contributed by atoms with Crippen molar-refractivity contribution < 1.29 is 23.9 Å². The number of halogens is 1. The molecule has 1 aromatic rings. The fourth-order valence-electron chi connectivity index (χ4n) is 1.44. The lowest BCUT2D eigenvalue weighted by atomic mass is 10.3. The molecule has 0 heterocycles. The standard InChI is InChI=1S/C14H17FN2O4S/c1-9(14(21)16-7-6-13(19)20)22-8-12(18)17-11-4-2-10(15)3-5-11/h2-5,9H,6-8H2,1H3,(H,16,21)(H,17,18)(H,19,20). The second-order valence-electron chi connectivity index (χ2n) is 4.44. The molecule has 1 atom stereocenters. The summed E-state index contributed by atoms with van der Waals surface area (Å²) in [6.07, 6.45) is -0.145. The number of carbonyl (C=O) groups is 3. The summed E-state index contributed by atoms with van der Waals surface area (Å²) < 4.78 is 12.7. The van der Waals surface area contributed by atoms with Crippen molar-refractivity contribution in [1.82, 2.24) is 5.32 Å². The molecule has 1 rings (SSSR count). The highest BCUT2D eigenvalue weighted by Gasteiger charge is 2.15. The van der Waals surface area contributed by atoms with Crippen molar-refractivity contribution in [3.05, 3.63) is 30.1 Å². The maximum Gasteiger partial charge on any atom is 0.305 e. The Balaban J connectivity index is 2.29. The van der Waals surface area contributed by atoms with Crippen LogP contribution in [0.3, 0.4) is 0 Å². The van der Waals surface area contributed by atoms with Crippen LogP contribution in [-0.4, -0.2) is 40.4 Å². The number of rotatable bonds is 8. The molecule has 0 aliphatic heterocycles. The Kier molecular flexibility index (Phi) is 7.38. The van der Waals surface area contributed by atoms with Crippen LogP contribution in [-0.2, 0) is 14.4 Å². The highest BCUT2D eigenvalue weighted by molar-refractivity contribution is 8.01. The van der Waals surface area contributed by atoms with E-state index in [4.69, 9.17) is 5.11 Å². The van der Waals surface area contributed by atoms with Gasteiger partial charge < -0.3 is 15.7 Å². The predicted octanol–water partition coefficient (Wildman–Crippen LogP) is 1.48. The zero-order chi connectivity index (χ0) is 16.5. The molecule has 0 aromatic heterocycles. The van der Waals surface area contributed by atoms with Gasteiger partial charge in [-0.1, -0.05) is 0 Å². The summed E-state index contributed by atoms with van der Waals surface area (Å²) in [5.41, 5.74) is 0.477. The Bertz CT molecular complexity index is 536. The Morgan fingerprint density at radius 2 is 1.91 bits per heavy atom. The molecule has 3 N–H and O–H groups in total. The first-order valence-corrected chi connectivity index (χ1v) is 7.60. The van der Waals surface area contributed by atoms with E-state index in [2.05, 4.69) is 10.6 Å². The number of hydrogen-bond acceptors (Lipinski definition) is 4. The van der Waals surface area contributed by atoms with Crippen LogP contribution in [0.1, 0.15) is 13.3 Å². The second-order valence-corrected chi connectivity index (χ2v) is 5.77. The summed E-state index contributed by atoms with van der Waals surface area (Å²) in [6.45, 7) is 1.69. The van der Waals surface area contributed by atoms with Crippen molar-refractivity contribution in [2.45, 2.75) is 18.6 Å². The molecule has 120 valence electrons. The number of hydrogen-bond donors (Lipinski definition) is 3. The highest BCUT2D eigenvalue weighted by Crippen LogP contribution is 2.13. The highest BCUT2D eigenvalue weighted by atomic mass is 32.2. The van der Waals surface area contributed by atoms with Gasteiger partial charge in [-0.15, -0.1) is 11.8 Å². The zero-order valence-corrected chi connectivity index (χ0v) is 12.8. The molecular weight excluding hydrogens is 311 g/mol. The van der Waals surface area contributed by atoms with Gasteiger partial charge in [0.25, 0.3) is 0 Å². The van der Waals surface area contributed by atoms with Crippen molar-refractivity contribution in [3.63, 3.8) is 0 Å². The minimum absolute atomic E-state index is 0.0564. The topological polar surface area (TPSA) is 95.5 Å². The van der Waals surface area contributed by atoms with Gasteiger partial charge in [0.1, 0.15) is 5.82 Å². The van der Waals surface area contributed by atoms with Crippen LogP contribution in [0.5, 0.6) is 0 Å². The number of anilines is 1. The number of thioether (sulfide) groups is 1. The quantitative estimate of drug-likeness (QED) is 0.672. The van der Waals surface area contributed by atoms with E-state index in [-0.39, 0.29) is 36.4 Å². The minimum Gasteiger partial charge on any atom is -0.481 e. The fourth-order valence-corrected chi connectivity index (χ4v) is 2.15. The molecule has 0 radical (unpaired) electrons. The third-order valence-electron chi connectivity index (χ3n) is 2.60. The molecule has 22 heavy (non-hydrogen) atoms. The van der Waals surface area contributed by atoms with E-state index in [1.165, 1.54) is 24.3 Å². The maximum absolute atomic E-state index is 12.7. The molecular formula is C14H17FN2O4S. The summed E-state index contributed by atoms with van der Waals surface area (Å²) >= 11 is 1.13. The van der Waals surface area contributed by atoms with Gasteiger partial charge in [-0.3, -0.25) is 14.4 Å². The first-order chi connectivity index (χ1) is 10.4. The van der Waals surface area contributed by atoms with E-state index in [1.54, 1.807) is 6.92 Å². The van der Waals surface area contributed by atoms with E-state index in [1.807, 2.05) is 0 Å². The van der Waals surface area contributed by atoms with Crippen LogP contribution in [0.2, 0.25) is 0 Å². The molecule has 0 saturated carbocycles. The first kappa shape index (κ1) is 18.0. The minimum atomic E-state index is -0.987. The Morgan fingerprint density at radius 1 is 1.27 bits per heavy atom. The van der Waals surface area contributed by atoms with Crippen molar-refractivity contribution in [2.75, 3.05) is 17.6 Å². The van der Waals surface area contributed by atoms with Crippen molar-refractivity contribution in [3.8, 4) is 0 Å². The number of aliphatic carboxylic acids is 1. The zero-order valence-electron chi connectivity index (χ0n) is 12.0. The van der Waals surface area contributed by atoms with Gasteiger partial charge in [0.2, 0.25) is 11.8 Å². The molecule has 8 heteroatoms. The normalized spacial score (nSPS) is 11.5. The average Bonchev–Trinajstić information content (AvgIpc) is 2.46. The van der Waals surface area contributed by atoms with Gasteiger partial charge in [0.05, 0.1) is 17.4 Å². The molecule has 0 saturated heterocycles. The lowest BCUT2D eigenvalue weighted by Crippen LogP contribution is -2.33. The lowest BCUT2D eigenvalue weighted by molar-refractivity contribution is -0.137. The molecule has 0 fully saturated rings.